The smallest absolute Gasteiger partial charge is 0.177 e. The van der Waals surface area contributed by atoms with Crippen LogP contribution in [0.4, 0.5) is 0 Å². The molecule has 2 rings (SSSR count). The Morgan fingerprint density at radius 3 is 2.89 bits per heavy atom. The molecule has 1 aromatic rings. The molecule has 1 unspecified atom stereocenters. The molecule has 0 aliphatic carbocycles. The van der Waals surface area contributed by atoms with Gasteiger partial charge in [0.25, 0.3) is 0 Å². The molecule has 0 radical (unpaired) electrons. The van der Waals surface area contributed by atoms with E-state index >= 15 is 0 Å². The van der Waals surface area contributed by atoms with Crippen LogP contribution in [0.1, 0.15) is 43.0 Å². The van der Waals surface area contributed by atoms with Crippen LogP contribution in [0.5, 0.6) is 0 Å². The maximum absolute atomic E-state index is 12.3. The lowest BCUT2D eigenvalue weighted by molar-refractivity contribution is 0.0901. The monoisotopic (exact) mass is 309 g/mol. The van der Waals surface area contributed by atoms with Crippen molar-refractivity contribution in [2.24, 2.45) is 0 Å². The summed E-state index contributed by atoms with van der Waals surface area (Å²) in [6.07, 6.45) is 5.02. The number of rotatable bonds is 3. The standard InChI is InChI=1S/C15H20BrNO/c1-12-7-3-2-6-10-17(12)11-15(18)13-8-4-5-9-14(13)16/h4-5,8-9,12H,2-3,6-7,10-11H2,1H3. The van der Waals surface area contributed by atoms with Crippen molar-refractivity contribution in [1.29, 1.82) is 0 Å². The molecule has 1 aliphatic heterocycles. The average Bonchev–Trinajstić information content (AvgIpc) is 2.55. The van der Waals surface area contributed by atoms with Gasteiger partial charge in [-0.1, -0.05) is 47.0 Å². The van der Waals surface area contributed by atoms with Crippen molar-refractivity contribution in [3.05, 3.63) is 34.3 Å². The van der Waals surface area contributed by atoms with Gasteiger partial charge in [0.2, 0.25) is 0 Å². The molecule has 0 spiro atoms. The number of nitrogens with zero attached hydrogens (tertiary/aromatic N) is 1. The van der Waals surface area contributed by atoms with Gasteiger partial charge in [-0.15, -0.1) is 0 Å². The van der Waals surface area contributed by atoms with Crippen molar-refractivity contribution in [3.8, 4) is 0 Å². The van der Waals surface area contributed by atoms with Gasteiger partial charge in [-0.2, -0.15) is 0 Å². The minimum absolute atomic E-state index is 0.219. The Morgan fingerprint density at radius 2 is 2.11 bits per heavy atom. The summed E-state index contributed by atoms with van der Waals surface area (Å²) in [7, 11) is 0. The second-order valence-electron chi connectivity index (χ2n) is 5.07. The fourth-order valence-corrected chi connectivity index (χ4v) is 3.03. The first-order chi connectivity index (χ1) is 8.68. The summed E-state index contributed by atoms with van der Waals surface area (Å²) in [5, 5.41) is 0. The van der Waals surface area contributed by atoms with Crippen LogP contribution in [0.2, 0.25) is 0 Å². The van der Waals surface area contributed by atoms with Crippen molar-refractivity contribution in [3.63, 3.8) is 0 Å². The second kappa shape index (κ2) is 6.48. The van der Waals surface area contributed by atoms with Gasteiger partial charge in [0.05, 0.1) is 6.54 Å². The zero-order valence-electron chi connectivity index (χ0n) is 10.9. The van der Waals surface area contributed by atoms with Crippen LogP contribution < -0.4 is 0 Å². The summed E-state index contributed by atoms with van der Waals surface area (Å²) >= 11 is 3.45. The van der Waals surface area contributed by atoms with Crippen molar-refractivity contribution in [2.75, 3.05) is 13.1 Å². The quantitative estimate of drug-likeness (QED) is 0.789. The highest BCUT2D eigenvalue weighted by molar-refractivity contribution is 9.10. The number of carbonyl (C=O) groups is 1. The van der Waals surface area contributed by atoms with Crippen molar-refractivity contribution in [1.82, 2.24) is 4.90 Å². The van der Waals surface area contributed by atoms with Gasteiger partial charge in [0.15, 0.2) is 5.78 Å². The number of hydrogen-bond acceptors (Lipinski definition) is 2. The minimum Gasteiger partial charge on any atom is -0.293 e. The summed E-state index contributed by atoms with van der Waals surface area (Å²) in [5.74, 6) is 0.219. The number of halogens is 1. The fraction of sp³-hybridized carbons (Fsp3) is 0.533. The topological polar surface area (TPSA) is 20.3 Å². The predicted molar refractivity (Wildman–Crippen MR) is 78.0 cm³/mol. The van der Waals surface area contributed by atoms with E-state index in [1.165, 1.54) is 25.7 Å². The molecule has 0 aromatic heterocycles. The molecule has 1 fully saturated rings. The summed E-state index contributed by atoms with van der Waals surface area (Å²) in [6.45, 7) is 3.83. The van der Waals surface area contributed by atoms with E-state index in [2.05, 4.69) is 27.8 Å². The third-order valence-electron chi connectivity index (χ3n) is 3.71. The van der Waals surface area contributed by atoms with Crippen LogP contribution in [-0.2, 0) is 0 Å². The van der Waals surface area contributed by atoms with Crippen molar-refractivity contribution >= 4 is 21.7 Å². The molecule has 1 aromatic carbocycles. The molecular formula is C15H20BrNO. The van der Waals surface area contributed by atoms with Crippen LogP contribution in [0, 0.1) is 0 Å². The lowest BCUT2D eigenvalue weighted by atomic mass is 10.1. The number of likely N-dealkylation sites (tertiary alicyclic amines) is 1. The highest BCUT2D eigenvalue weighted by Crippen LogP contribution is 2.20. The van der Waals surface area contributed by atoms with Gasteiger partial charge in [-0.05, 0) is 32.4 Å². The highest BCUT2D eigenvalue weighted by Gasteiger charge is 2.20. The van der Waals surface area contributed by atoms with Crippen LogP contribution in [0.15, 0.2) is 28.7 Å². The van der Waals surface area contributed by atoms with Gasteiger partial charge in [0.1, 0.15) is 0 Å². The van der Waals surface area contributed by atoms with Gasteiger partial charge in [-0.25, -0.2) is 0 Å². The van der Waals surface area contributed by atoms with Crippen molar-refractivity contribution < 1.29 is 4.79 Å². The van der Waals surface area contributed by atoms with Gasteiger partial charge in [-0.3, -0.25) is 9.69 Å². The van der Waals surface area contributed by atoms with Gasteiger partial charge >= 0.3 is 0 Å². The van der Waals surface area contributed by atoms with Crippen LogP contribution >= 0.6 is 15.9 Å². The summed E-state index contributed by atoms with van der Waals surface area (Å²) in [4.78, 5) is 14.6. The Morgan fingerprint density at radius 1 is 1.33 bits per heavy atom. The molecule has 2 nitrogen and oxygen atoms in total. The normalized spacial score (nSPS) is 21.6. The fourth-order valence-electron chi connectivity index (χ4n) is 2.53. The highest BCUT2D eigenvalue weighted by atomic mass is 79.9. The molecule has 0 bridgehead atoms. The summed E-state index contributed by atoms with van der Waals surface area (Å²) in [6, 6.07) is 8.21. The molecule has 1 atom stereocenters. The first-order valence-corrected chi connectivity index (χ1v) is 7.49. The third-order valence-corrected chi connectivity index (χ3v) is 4.40. The lowest BCUT2D eigenvalue weighted by Crippen LogP contribution is -2.37. The number of carbonyl (C=O) groups excluding carboxylic acids is 1. The molecule has 0 amide bonds. The first kappa shape index (κ1) is 13.8. The number of benzene rings is 1. The van der Waals surface area contributed by atoms with Crippen LogP contribution in [0.3, 0.4) is 0 Å². The van der Waals surface area contributed by atoms with Gasteiger partial charge < -0.3 is 0 Å². The second-order valence-corrected chi connectivity index (χ2v) is 5.93. The van der Waals surface area contributed by atoms with E-state index in [9.17, 15) is 4.79 Å². The molecule has 1 heterocycles. The number of ketones is 1. The Kier molecular flexibility index (Phi) is 4.95. The lowest BCUT2D eigenvalue weighted by Gasteiger charge is -2.26. The van der Waals surface area contributed by atoms with E-state index in [-0.39, 0.29) is 5.78 Å². The predicted octanol–water partition coefficient (Wildman–Crippen LogP) is 3.90. The average molecular weight is 310 g/mol. The van der Waals surface area contributed by atoms with E-state index in [1.807, 2.05) is 24.3 Å². The molecule has 3 heteroatoms. The summed E-state index contributed by atoms with van der Waals surface area (Å²) < 4.78 is 0.900. The molecule has 18 heavy (non-hydrogen) atoms. The van der Waals surface area contributed by atoms with E-state index in [4.69, 9.17) is 0 Å². The first-order valence-electron chi connectivity index (χ1n) is 6.70. The Balaban J connectivity index is 2.04. The number of Topliss-reactive ketones (excluding diaryl/α,β-unsaturated/α-hetero) is 1. The molecule has 1 aliphatic rings. The molecule has 1 saturated heterocycles. The molecular weight excluding hydrogens is 290 g/mol. The minimum atomic E-state index is 0.219. The number of hydrogen-bond donors (Lipinski definition) is 0. The Bertz CT molecular complexity index is 419. The SMILES string of the molecule is CC1CCCCCN1CC(=O)c1ccccc1Br. The summed E-state index contributed by atoms with van der Waals surface area (Å²) in [5.41, 5.74) is 0.800. The van der Waals surface area contributed by atoms with Crippen LogP contribution in [0.25, 0.3) is 0 Å². The zero-order valence-corrected chi connectivity index (χ0v) is 12.4. The molecule has 0 N–H and O–H groups in total. The Hall–Kier alpha value is -0.670. The van der Waals surface area contributed by atoms with Crippen molar-refractivity contribution in [2.45, 2.75) is 38.6 Å². The Labute approximate surface area is 117 Å². The van der Waals surface area contributed by atoms with E-state index in [0.717, 1.165) is 16.6 Å². The maximum atomic E-state index is 12.3. The van der Waals surface area contributed by atoms with Gasteiger partial charge in [0, 0.05) is 16.1 Å². The van der Waals surface area contributed by atoms with E-state index in [1.54, 1.807) is 0 Å². The van der Waals surface area contributed by atoms with E-state index in [0.29, 0.717) is 12.6 Å². The molecule has 98 valence electrons. The van der Waals surface area contributed by atoms with Crippen LogP contribution in [-0.4, -0.2) is 29.8 Å². The van der Waals surface area contributed by atoms with E-state index < -0.39 is 0 Å². The third kappa shape index (κ3) is 3.42. The zero-order chi connectivity index (χ0) is 13.0. The molecule has 0 saturated carbocycles. The maximum Gasteiger partial charge on any atom is 0.177 e. The largest absolute Gasteiger partial charge is 0.293 e.